The zero-order valence-corrected chi connectivity index (χ0v) is 12.7. The van der Waals surface area contributed by atoms with Crippen molar-refractivity contribution < 1.29 is 9.21 Å². The van der Waals surface area contributed by atoms with E-state index in [0.717, 1.165) is 29.4 Å². The number of carbonyl (C=O) groups is 1. The summed E-state index contributed by atoms with van der Waals surface area (Å²) in [5.41, 5.74) is 2.90. The molecule has 1 aromatic carbocycles. The molecular formula is C17H23NO2. The molecule has 1 amide bonds. The first-order valence-electron chi connectivity index (χ1n) is 7.25. The van der Waals surface area contributed by atoms with Crippen LogP contribution in [0.3, 0.4) is 0 Å². The first kappa shape index (κ1) is 14.6. The van der Waals surface area contributed by atoms with Gasteiger partial charge in [0.15, 0.2) is 0 Å². The van der Waals surface area contributed by atoms with Crippen molar-refractivity contribution in [1.82, 2.24) is 5.32 Å². The van der Waals surface area contributed by atoms with Crippen LogP contribution < -0.4 is 5.32 Å². The fraction of sp³-hybridized carbons (Fsp3) is 0.471. The van der Waals surface area contributed by atoms with Crippen LogP contribution in [-0.2, 0) is 17.6 Å². The van der Waals surface area contributed by atoms with E-state index in [4.69, 9.17) is 4.42 Å². The largest absolute Gasteiger partial charge is 0.464 e. The average molecular weight is 273 g/mol. The van der Waals surface area contributed by atoms with Crippen molar-refractivity contribution >= 4 is 16.9 Å². The number of hydrogen-bond acceptors (Lipinski definition) is 2. The maximum Gasteiger partial charge on any atom is 0.224 e. The highest BCUT2D eigenvalue weighted by Gasteiger charge is 2.19. The summed E-state index contributed by atoms with van der Waals surface area (Å²) in [5.74, 6) is 0.0409. The molecule has 108 valence electrons. The Labute approximate surface area is 120 Å². The lowest BCUT2D eigenvalue weighted by Crippen LogP contribution is -2.43. The molecule has 0 fully saturated rings. The van der Waals surface area contributed by atoms with E-state index in [9.17, 15) is 4.79 Å². The van der Waals surface area contributed by atoms with Gasteiger partial charge >= 0.3 is 0 Å². The number of aryl methyl sites for hydroxylation is 1. The van der Waals surface area contributed by atoms with Gasteiger partial charge in [0.25, 0.3) is 0 Å². The number of amides is 1. The van der Waals surface area contributed by atoms with Gasteiger partial charge in [-0.25, -0.2) is 0 Å². The maximum absolute atomic E-state index is 12.1. The Hall–Kier alpha value is -1.77. The number of furan rings is 1. The minimum Gasteiger partial charge on any atom is -0.464 e. The van der Waals surface area contributed by atoms with Gasteiger partial charge in [0.1, 0.15) is 5.58 Å². The monoisotopic (exact) mass is 273 g/mol. The van der Waals surface area contributed by atoms with E-state index >= 15 is 0 Å². The molecule has 2 rings (SSSR count). The van der Waals surface area contributed by atoms with Crippen LogP contribution in [0.15, 0.2) is 28.9 Å². The Balaban J connectivity index is 2.16. The minimum absolute atomic E-state index is 0.0409. The molecule has 3 heteroatoms. The third kappa shape index (κ3) is 3.21. The van der Waals surface area contributed by atoms with E-state index < -0.39 is 0 Å². The van der Waals surface area contributed by atoms with Crippen molar-refractivity contribution in [2.45, 2.75) is 52.5 Å². The molecule has 0 radical (unpaired) electrons. The summed E-state index contributed by atoms with van der Waals surface area (Å²) >= 11 is 0. The van der Waals surface area contributed by atoms with Crippen molar-refractivity contribution in [2.75, 3.05) is 0 Å². The third-order valence-electron chi connectivity index (χ3n) is 3.84. The summed E-state index contributed by atoms with van der Waals surface area (Å²) in [6, 6.07) is 6.19. The highest BCUT2D eigenvalue weighted by Crippen LogP contribution is 2.23. The van der Waals surface area contributed by atoms with Gasteiger partial charge in [-0.2, -0.15) is 0 Å². The van der Waals surface area contributed by atoms with Crippen molar-refractivity contribution in [1.29, 1.82) is 0 Å². The van der Waals surface area contributed by atoms with Gasteiger partial charge in [0, 0.05) is 16.5 Å². The van der Waals surface area contributed by atoms with Gasteiger partial charge in [0.05, 0.1) is 12.7 Å². The standard InChI is InChI=1S/C17H23NO2/c1-5-12-7-8-14-13(11-20-15(14)9-12)10-16(19)18-17(3,4)6-2/h7-9,11H,5-6,10H2,1-4H3,(H,18,19). The van der Waals surface area contributed by atoms with Crippen LogP contribution in [0, 0.1) is 0 Å². The van der Waals surface area contributed by atoms with Crippen LogP contribution in [0.5, 0.6) is 0 Å². The Morgan fingerprint density at radius 2 is 2.05 bits per heavy atom. The summed E-state index contributed by atoms with van der Waals surface area (Å²) < 4.78 is 5.57. The quantitative estimate of drug-likeness (QED) is 0.899. The zero-order chi connectivity index (χ0) is 14.8. The first-order valence-corrected chi connectivity index (χ1v) is 7.25. The number of fused-ring (bicyclic) bond motifs is 1. The van der Waals surface area contributed by atoms with Crippen molar-refractivity contribution in [3.8, 4) is 0 Å². The summed E-state index contributed by atoms with van der Waals surface area (Å²) in [6.45, 7) is 8.25. The molecule has 1 aromatic heterocycles. The molecule has 20 heavy (non-hydrogen) atoms. The van der Waals surface area contributed by atoms with Crippen LogP contribution in [0.2, 0.25) is 0 Å². The molecule has 0 atom stereocenters. The van der Waals surface area contributed by atoms with Gasteiger partial charge in [-0.05, 0) is 38.3 Å². The molecule has 0 saturated carbocycles. The average Bonchev–Trinajstić information content (AvgIpc) is 2.80. The Kier molecular flexibility index (Phi) is 4.17. The molecule has 1 heterocycles. The SMILES string of the molecule is CCc1ccc2c(CC(=O)NC(C)(C)CC)coc2c1. The summed E-state index contributed by atoms with van der Waals surface area (Å²) in [6.07, 6.45) is 3.95. The highest BCUT2D eigenvalue weighted by atomic mass is 16.3. The highest BCUT2D eigenvalue weighted by molar-refractivity contribution is 5.88. The predicted octanol–water partition coefficient (Wildman–Crippen LogP) is 3.84. The van der Waals surface area contributed by atoms with E-state index in [1.807, 2.05) is 26.0 Å². The second-order valence-corrected chi connectivity index (χ2v) is 5.91. The van der Waals surface area contributed by atoms with Crippen LogP contribution in [0.4, 0.5) is 0 Å². The van der Waals surface area contributed by atoms with Gasteiger partial charge in [-0.3, -0.25) is 4.79 Å². The lowest BCUT2D eigenvalue weighted by molar-refractivity contribution is -0.122. The fourth-order valence-corrected chi connectivity index (χ4v) is 2.17. The molecule has 0 aliphatic heterocycles. The van der Waals surface area contributed by atoms with Crippen molar-refractivity contribution in [3.63, 3.8) is 0 Å². The molecule has 0 aliphatic carbocycles. The van der Waals surface area contributed by atoms with Crippen LogP contribution in [-0.4, -0.2) is 11.4 Å². The molecule has 3 nitrogen and oxygen atoms in total. The maximum atomic E-state index is 12.1. The van der Waals surface area contributed by atoms with E-state index in [2.05, 4.69) is 25.2 Å². The first-order chi connectivity index (χ1) is 9.45. The van der Waals surface area contributed by atoms with Gasteiger partial charge in [-0.15, -0.1) is 0 Å². The summed E-state index contributed by atoms with van der Waals surface area (Å²) in [4.78, 5) is 12.1. The number of carbonyl (C=O) groups excluding carboxylic acids is 1. The second-order valence-electron chi connectivity index (χ2n) is 5.91. The van der Waals surface area contributed by atoms with Crippen molar-refractivity contribution in [3.05, 3.63) is 35.6 Å². The fourth-order valence-electron chi connectivity index (χ4n) is 2.17. The smallest absolute Gasteiger partial charge is 0.224 e. The van der Waals surface area contributed by atoms with Crippen LogP contribution in [0.1, 0.15) is 45.2 Å². The zero-order valence-electron chi connectivity index (χ0n) is 12.7. The Morgan fingerprint density at radius 3 is 2.70 bits per heavy atom. The van der Waals surface area contributed by atoms with Crippen LogP contribution in [0.25, 0.3) is 11.0 Å². The molecule has 1 N–H and O–H groups in total. The van der Waals surface area contributed by atoms with Crippen molar-refractivity contribution in [2.24, 2.45) is 0 Å². The van der Waals surface area contributed by atoms with Gasteiger partial charge in [-0.1, -0.05) is 26.0 Å². The van der Waals surface area contributed by atoms with Gasteiger partial charge < -0.3 is 9.73 Å². The third-order valence-corrected chi connectivity index (χ3v) is 3.84. The van der Waals surface area contributed by atoms with E-state index in [1.165, 1.54) is 5.56 Å². The number of rotatable bonds is 5. The number of nitrogens with one attached hydrogen (secondary N) is 1. The Bertz CT molecular complexity index is 610. The molecular weight excluding hydrogens is 250 g/mol. The molecule has 0 saturated heterocycles. The lowest BCUT2D eigenvalue weighted by atomic mass is 10.0. The Morgan fingerprint density at radius 1 is 1.30 bits per heavy atom. The normalized spacial score (nSPS) is 11.8. The van der Waals surface area contributed by atoms with Gasteiger partial charge in [0.2, 0.25) is 5.91 Å². The molecule has 0 bridgehead atoms. The molecule has 0 spiro atoms. The molecule has 0 unspecified atom stereocenters. The topological polar surface area (TPSA) is 42.2 Å². The summed E-state index contributed by atoms with van der Waals surface area (Å²) in [7, 11) is 0. The number of hydrogen-bond donors (Lipinski definition) is 1. The summed E-state index contributed by atoms with van der Waals surface area (Å²) in [5, 5.41) is 4.08. The number of benzene rings is 1. The molecule has 0 aliphatic rings. The van der Waals surface area contributed by atoms with E-state index in [0.29, 0.717) is 6.42 Å². The minimum atomic E-state index is -0.161. The lowest BCUT2D eigenvalue weighted by Gasteiger charge is -2.24. The van der Waals surface area contributed by atoms with E-state index in [-0.39, 0.29) is 11.4 Å². The predicted molar refractivity (Wildman–Crippen MR) is 81.8 cm³/mol. The van der Waals surface area contributed by atoms with E-state index in [1.54, 1.807) is 6.26 Å². The van der Waals surface area contributed by atoms with Crippen LogP contribution >= 0.6 is 0 Å². The second kappa shape index (κ2) is 5.70. The molecule has 2 aromatic rings.